The van der Waals surface area contributed by atoms with Gasteiger partial charge in [-0.05, 0) is 39.0 Å². The highest BCUT2D eigenvalue weighted by atomic mass is 16.4. The Morgan fingerprint density at radius 3 is 2.47 bits per heavy atom. The molecule has 19 heavy (non-hydrogen) atoms. The second-order valence-corrected chi connectivity index (χ2v) is 6.18. The molecule has 5 heteroatoms. The Labute approximate surface area is 115 Å². The molecule has 1 N–H and O–H groups in total. The van der Waals surface area contributed by atoms with Gasteiger partial charge in [0.1, 0.15) is 6.04 Å². The molecule has 0 aliphatic carbocycles. The lowest BCUT2D eigenvalue weighted by Crippen LogP contribution is -2.57. The molecule has 2 amide bonds. The molecule has 0 spiro atoms. The third-order valence-electron chi connectivity index (χ3n) is 4.46. The van der Waals surface area contributed by atoms with E-state index in [2.05, 4.69) is 0 Å². The summed E-state index contributed by atoms with van der Waals surface area (Å²) >= 11 is 0. The first-order chi connectivity index (χ1) is 8.70. The Balaban J connectivity index is 2.87. The standard InChI is InChI=1S/C14H26N2O3/c1-6-14(3,4)15(5)13(19)16-8-7-10(2)9-11(16)12(17)18/h10-11H,6-9H2,1-5H3,(H,17,18). The normalized spacial score (nSPS) is 24.2. The van der Waals surface area contributed by atoms with E-state index in [1.54, 1.807) is 11.9 Å². The number of carboxylic acid groups (broad SMARTS) is 1. The number of rotatable bonds is 3. The van der Waals surface area contributed by atoms with Gasteiger partial charge in [0, 0.05) is 19.1 Å². The molecule has 0 aromatic heterocycles. The van der Waals surface area contributed by atoms with E-state index in [0.29, 0.717) is 18.9 Å². The first kappa shape index (κ1) is 15.8. The van der Waals surface area contributed by atoms with E-state index in [4.69, 9.17) is 0 Å². The molecule has 110 valence electrons. The van der Waals surface area contributed by atoms with Crippen molar-refractivity contribution in [3.05, 3.63) is 0 Å². The molecule has 1 aliphatic heterocycles. The summed E-state index contributed by atoms with van der Waals surface area (Å²) in [5.41, 5.74) is -0.261. The predicted molar refractivity (Wildman–Crippen MR) is 74.1 cm³/mol. The molecule has 0 aromatic rings. The van der Waals surface area contributed by atoms with Crippen LogP contribution < -0.4 is 0 Å². The number of nitrogens with zero attached hydrogens (tertiary/aromatic N) is 2. The van der Waals surface area contributed by atoms with Gasteiger partial charge in [-0.15, -0.1) is 0 Å². The Kier molecular flexibility index (Phi) is 4.82. The van der Waals surface area contributed by atoms with Crippen molar-refractivity contribution in [1.82, 2.24) is 9.80 Å². The van der Waals surface area contributed by atoms with Gasteiger partial charge < -0.3 is 14.9 Å². The quantitative estimate of drug-likeness (QED) is 0.856. The summed E-state index contributed by atoms with van der Waals surface area (Å²) < 4.78 is 0. The lowest BCUT2D eigenvalue weighted by Gasteiger charge is -2.42. The highest BCUT2D eigenvalue weighted by molar-refractivity contribution is 5.83. The number of hydrogen-bond acceptors (Lipinski definition) is 2. The number of carbonyl (C=O) groups is 2. The van der Waals surface area contributed by atoms with Crippen molar-refractivity contribution in [2.75, 3.05) is 13.6 Å². The number of aliphatic carboxylic acids is 1. The maximum absolute atomic E-state index is 12.5. The minimum absolute atomic E-state index is 0.175. The van der Waals surface area contributed by atoms with Gasteiger partial charge in [0.15, 0.2) is 0 Å². The summed E-state index contributed by atoms with van der Waals surface area (Å²) in [4.78, 5) is 27.0. The predicted octanol–water partition coefficient (Wildman–Crippen LogP) is 2.41. The molecule has 1 heterocycles. The van der Waals surface area contributed by atoms with Crippen LogP contribution in [0.15, 0.2) is 0 Å². The first-order valence-corrected chi connectivity index (χ1v) is 6.98. The monoisotopic (exact) mass is 270 g/mol. The second kappa shape index (κ2) is 5.80. The molecule has 0 radical (unpaired) electrons. The molecular formula is C14H26N2O3. The van der Waals surface area contributed by atoms with Crippen molar-refractivity contribution < 1.29 is 14.7 Å². The number of hydrogen-bond donors (Lipinski definition) is 1. The number of carbonyl (C=O) groups excluding carboxylic acids is 1. The molecule has 5 nitrogen and oxygen atoms in total. The zero-order valence-electron chi connectivity index (χ0n) is 12.6. The van der Waals surface area contributed by atoms with Gasteiger partial charge in [-0.25, -0.2) is 9.59 Å². The average Bonchev–Trinajstić information content (AvgIpc) is 2.36. The number of carboxylic acids is 1. The fourth-order valence-corrected chi connectivity index (χ4v) is 2.29. The van der Waals surface area contributed by atoms with Gasteiger partial charge in [-0.1, -0.05) is 13.8 Å². The number of piperidine rings is 1. The number of urea groups is 1. The fraction of sp³-hybridized carbons (Fsp3) is 0.857. The molecule has 2 unspecified atom stereocenters. The zero-order chi connectivity index (χ0) is 14.8. The summed E-state index contributed by atoms with van der Waals surface area (Å²) in [5.74, 6) is -0.544. The van der Waals surface area contributed by atoms with Gasteiger partial charge >= 0.3 is 12.0 Å². The van der Waals surface area contributed by atoms with Crippen LogP contribution >= 0.6 is 0 Å². The van der Waals surface area contributed by atoms with Crippen LogP contribution in [-0.2, 0) is 4.79 Å². The molecule has 1 fully saturated rings. The molecule has 0 aromatic carbocycles. The molecule has 2 atom stereocenters. The van der Waals surface area contributed by atoms with Gasteiger partial charge in [0.05, 0.1) is 0 Å². The van der Waals surface area contributed by atoms with Crippen LogP contribution in [-0.4, -0.2) is 52.1 Å². The van der Waals surface area contributed by atoms with Crippen molar-refractivity contribution in [2.45, 2.75) is 58.5 Å². The zero-order valence-corrected chi connectivity index (χ0v) is 12.6. The highest BCUT2D eigenvalue weighted by Crippen LogP contribution is 2.26. The molecule has 1 aliphatic rings. The van der Waals surface area contributed by atoms with Crippen LogP contribution in [0.5, 0.6) is 0 Å². The third-order valence-corrected chi connectivity index (χ3v) is 4.46. The van der Waals surface area contributed by atoms with E-state index in [0.717, 1.165) is 12.8 Å². The van der Waals surface area contributed by atoms with Crippen LogP contribution in [0.25, 0.3) is 0 Å². The average molecular weight is 270 g/mol. The van der Waals surface area contributed by atoms with Crippen molar-refractivity contribution in [2.24, 2.45) is 5.92 Å². The summed E-state index contributed by atoms with van der Waals surface area (Å²) in [7, 11) is 1.75. The minimum Gasteiger partial charge on any atom is -0.480 e. The lowest BCUT2D eigenvalue weighted by molar-refractivity contribution is -0.144. The molecule has 0 bridgehead atoms. The third kappa shape index (κ3) is 3.39. The van der Waals surface area contributed by atoms with Crippen LogP contribution in [0.3, 0.4) is 0 Å². The molecule has 1 rings (SSSR count). The van der Waals surface area contributed by atoms with E-state index in [9.17, 15) is 14.7 Å². The SMILES string of the molecule is CCC(C)(C)N(C)C(=O)N1CCC(C)CC1C(=O)O. The lowest BCUT2D eigenvalue weighted by atomic mass is 9.92. The molecule has 1 saturated heterocycles. The van der Waals surface area contributed by atoms with Crippen molar-refractivity contribution in [3.8, 4) is 0 Å². The maximum atomic E-state index is 12.5. The van der Waals surface area contributed by atoms with E-state index in [1.807, 2.05) is 27.7 Å². The minimum atomic E-state index is -0.900. The number of likely N-dealkylation sites (tertiary alicyclic amines) is 1. The van der Waals surface area contributed by atoms with Gasteiger partial charge in [0.25, 0.3) is 0 Å². The number of amides is 2. The Morgan fingerprint density at radius 1 is 1.42 bits per heavy atom. The largest absolute Gasteiger partial charge is 0.480 e. The van der Waals surface area contributed by atoms with Gasteiger partial charge in [-0.2, -0.15) is 0 Å². The van der Waals surface area contributed by atoms with E-state index >= 15 is 0 Å². The summed E-state index contributed by atoms with van der Waals surface area (Å²) in [6.07, 6.45) is 2.24. The Morgan fingerprint density at radius 2 is 2.00 bits per heavy atom. The van der Waals surface area contributed by atoms with E-state index < -0.39 is 12.0 Å². The summed E-state index contributed by atoms with van der Waals surface area (Å²) in [6, 6.07) is -0.863. The van der Waals surface area contributed by atoms with Crippen LogP contribution in [0.4, 0.5) is 4.79 Å². The smallest absolute Gasteiger partial charge is 0.326 e. The summed E-state index contributed by atoms with van der Waals surface area (Å²) in [5, 5.41) is 9.30. The first-order valence-electron chi connectivity index (χ1n) is 6.98. The second-order valence-electron chi connectivity index (χ2n) is 6.18. The molecular weight excluding hydrogens is 244 g/mol. The van der Waals surface area contributed by atoms with E-state index in [-0.39, 0.29) is 11.6 Å². The molecule has 0 saturated carbocycles. The topological polar surface area (TPSA) is 60.9 Å². The van der Waals surface area contributed by atoms with Crippen molar-refractivity contribution in [3.63, 3.8) is 0 Å². The Bertz CT molecular complexity index is 355. The summed E-state index contributed by atoms with van der Waals surface area (Å²) in [6.45, 7) is 8.58. The van der Waals surface area contributed by atoms with Crippen LogP contribution in [0, 0.1) is 5.92 Å². The van der Waals surface area contributed by atoms with Crippen LogP contribution in [0.2, 0.25) is 0 Å². The van der Waals surface area contributed by atoms with Crippen molar-refractivity contribution >= 4 is 12.0 Å². The maximum Gasteiger partial charge on any atom is 0.326 e. The van der Waals surface area contributed by atoms with Gasteiger partial charge in [0.2, 0.25) is 0 Å². The van der Waals surface area contributed by atoms with Gasteiger partial charge in [-0.3, -0.25) is 0 Å². The van der Waals surface area contributed by atoms with Crippen molar-refractivity contribution in [1.29, 1.82) is 0 Å². The van der Waals surface area contributed by atoms with E-state index in [1.165, 1.54) is 4.90 Å². The highest BCUT2D eigenvalue weighted by Gasteiger charge is 2.38. The van der Waals surface area contributed by atoms with Crippen LogP contribution in [0.1, 0.15) is 47.0 Å². The Hall–Kier alpha value is -1.26. The fourth-order valence-electron chi connectivity index (χ4n) is 2.29.